The second-order valence-corrected chi connectivity index (χ2v) is 5.81. The Labute approximate surface area is 155 Å². The fourth-order valence-corrected chi connectivity index (χ4v) is 2.72. The number of amides is 2. The topological polar surface area (TPSA) is 96.7 Å². The zero-order valence-electron chi connectivity index (χ0n) is 14.8. The third kappa shape index (κ3) is 3.37. The second kappa shape index (κ2) is 7.30. The van der Waals surface area contributed by atoms with Crippen LogP contribution in [0.1, 0.15) is 44.9 Å². The Morgan fingerprint density at radius 2 is 1.78 bits per heavy atom. The van der Waals surface area contributed by atoms with Crippen molar-refractivity contribution < 1.29 is 23.9 Å². The van der Waals surface area contributed by atoms with E-state index in [9.17, 15) is 14.4 Å². The van der Waals surface area contributed by atoms with E-state index < -0.39 is 23.9 Å². The molecule has 3 rings (SSSR count). The lowest BCUT2D eigenvalue weighted by atomic mass is 10.1. The maximum atomic E-state index is 12.7. The highest BCUT2D eigenvalue weighted by Gasteiger charge is 2.37. The van der Waals surface area contributed by atoms with E-state index in [0.717, 1.165) is 4.90 Å². The smallest absolute Gasteiger partial charge is 0.339 e. The summed E-state index contributed by atoms with van der Waals surface area (Å²) in [7, 11) is 0. The number of carbonyl (C=O) groups excluding carboxylic acids is 3. The first-order valence-corrected chi connectivity index (χ1v) is 8.32. The minimum Gasteiger partial charge on any atom is -0.494 e. The van der Waals surface area contributed by atoms with Crippen molar-refractivity contribution in [1.29, 1.82) is 5.26 Å². The van der Waals surface area contributed by atoms with E-state index in [2.05, 4.69) is 0 Å². The molecular formula is C20H16N2O5. The van der Waals surface area contributed by atoms with Crippen molar-refractivity contribution in [1.82, 2.24) is 0 Å². The Bertz CT molecular complexity index is 959. The molecule has 7 nitrogen and oxygen atoms in total. The second-order valence-electron chi connectivity index (χ2n) is 5.81. The fraction of sp³-hybridized carbons (Fsp3) is 0.200. The molecule has 136 valence electrons. The van der Waals surface area contributed by atoms with Gasteiger partial charge in [0.25, 0.3) is 11.8 Å². The molecule has 0 saturated carbocycles. The van der Waals surface area contributed by atoms with E-state index in [-0.39, 0.29) is 16.7 Å². The van der Waals surface area contributed by atoms with Crippen LogP contribution < -0.4 is 9.64 Å². The molecule has 0 bridgehead atoms. The summed E-state index contributed by atoms with van der Waals surface area (Å²) in [5, 5.41) is 8.73. The molecule has 1 atom stereocenters. The van der Waals surface area contributed by atoms with Gasteiger partial charge in [0.15, 0.2) is 6.10 Å². The molecular weight excluding hydrogens is 348 g/mol. The molecule has 1 heterocycles. The first kappa shape index (κ1) is 18.1. The normalized spacial score (nSPS) is 13.7. The molecule has 0 aliphatic carbocycles. The van der Waals surface area contributed by atoms with Gasteiger partial charge in [-0.15, -0.1) is 0 Å². The van der Waals surface area contributed by atoms with Gasteiger partial charge in [-0.3, -0.25) is 9.59 Å². The van der Waals surface area contributed by atoms with Crippen molar-refractivity contribution in [3.63, 3.8) is 0 Å². The summed E-state index contributed by atoms with van der Waals surface area (Å²) >= 11 is 0. The van der Waals surface area contributed by atoms with Crippen LogP contribution in [0, 0.1) is 11.3 Å². The number of anilines is 1. The average molecular weight is 364 g/mol. The van der Waals surface area contributed by atoms with Gasteiger partial charge in [0.2, 0.25) is 0 Å². The van der Waals surface area contributed by atoms with Crippen LogP contribution in [0.25, 0.3) is 0 Å². The van der Waals surface area contributed by atoms with E-state index in [1.807, 2.05) is 6.92 Å². The molecule has 27 heavy (non-hydrogen) atoms. The Kier molecular flexibility index (Phi) is 4.90. The number of esters is 1. The van der Waals surface area contributed by atoms with Gasteiger partial charge in [-0.2, -0.15) is 5.26 Å². The summed E-state index contributed by atoms with van der Waals surface area (Å²) < 4.78 is 10.3. The van der Waals surface area contributed by atoms with Crippen LogP contribution in [0.3, 0.4) is 0 Å². The summed E-state index contributed by atoms with van der Waals surface area (Å²) in [6, 6.07) is 12.5. The quantitative estimate of drug-likeness (QED) is 0.598. The van der Waals surface area contributed by atoms with Gasteiger partial charge in [-0.1, -0.05) is 0 Å². The molecule has 0 saturated heterocycles. The highest BCUT2D eigenvalue weighted by atomic mass is 16.5. The van der Waals surface area contributed by atoms with Crippen LogP contribution in [0.15, 0.2) is 42.5 Å². The lowest BCUT2D eigenvalue weighted by molar-refractivity contribution is 0.0435. The maximum absolute atomic E-state index is 12.7. The van der Waals surface area contributed by atoms with Gasteiger partial charge in [-0.25, -0.2) is 9.69 Å². The third-order valence-corrected chi connectivity index (χ3v) is 3.99. The molecule has 2 aromatic rings. The van der Waals surface area contributed by atoms with E-state index in [4.69, 9.17) is 14.7 Å². The van der Waals surface area contributed by atoms with Gasteiger partial charge in [-0.05, 0) is 56.3 Å². The number of benzene rings is 2. The van der Waals surface area contributed by atoms with Gasteiger partial charge in [0, 0.05) is 0 Å². The molecule has 0 unspecified atom stereocenters. The molecule has 0 N–H and O–H groups in total. The highest BCUT2D eigenvalue weighted by molar-refractivity contribution is 6.34. The number of hydrogen-bond acceptors (Lipinski definition) is 6. The van der Waals surface area contributed by atoms with Gasteiger partial charge < -0.3 is 9.47 Å². The van der Waals surface area contributed by atoms with E-state index in [0.29, 0.717) is 18.0 Å². The average Bonchev–Trinajstić information content (AvgIpc) is 2.93. The predicted octanol–water partition coefficient (Wildman–Crippen LogP) is 2.95. The third-order valence-electron chi connectivity index (χ3n) is 3.99. The Balaban J connectivity index is 1.89. The standard InChI is InChI=1S/C20H16N2O5/c1-3-26-15-7-5-14(6-8-15)22-18(23)16-9-4-13(10-17(16)19(22)24)20(25)27-12(2)11-21/h4-10,12H,3H2,1-2H3/t12-/m0/s1. The van der Waals surface area contributed by atoms with Gasteiger partial charge in [0.05, 0.1) is 29.0 Å². The first-order chi connectivity index (χ1) is 13.0. The molecule has 7 heteroatoms. The van der Waals surface area contributed by atoms with Crippen LogP contribution in [-0.2, 0) is 4.74 Å². The van der Waals surface area contributed by atoms with Crippen LogP contribution >= 0.6 is 0 Å². The number of hydrogen-bond donors (Lipinski definition) is 0. The molecule has 0 aromatic heterocycles. The van der Waals surface area contributed by atoms with Crippen molar-refractivity contribution in [2.24, 2.45) is 0 Å². The number of imide groups is 1. The minimum absolute atomic E-state index is 0.102. The zero-order valence-corrected chi connectivity index (χ0v) is 14.8. The SMILES string of the molecule is CCOc1ccc(N2C(=O)c3ccc(C(=O)O[C@@H](C)C#N)cc3C2=O)cc1. The number of nitriles is 1. The fourth-order valence-electron chi connectivity index (χ4n) is 2.72. The van der Waals surface area contributed by atoms with Crippen molar-refractivity contribution in [2.45, 2.75) is 20.0 Å². The number of ether oxygens (including phenoxy) is 2. The lowest BCUT2D eigenvalue weighted by Crippen LogP contribution is -2.29. The lowest BCUT2D eigenvalue weighted by Gasteiger charge is -2.14. The molecule has 2 aromatic carbocycles. The molecule has 2 amide bonds. The maximum Gasteiger partial charge on any atom is 0.339 e. The van der Waals surface area contributed by atoms with E-state index in [1.54, 1.807) is 30.3 Å². The first-order valence-electron chi connectivity index (χ1n) is 8.32. The van der Waals surface area contributed by atoms with Crippen molar-refractivity contribution in [3.8, 4) is 11.8 Å². The van der Waals surface area contributed by atoms with Crippen LogP contribution in [0.4, 0.5) is 5.69 Å². The summed E-state index contributed by atoms with van der Waals surface area (Å²) in [5.41, 5.74) is 0.837. The van der Waals surface area contributed by atoms with Crippen LogP contribution in [-0.4, -0.2) is 30.5 Å². The number of nitrogens with zero attached hydrogens (tertiary/aromatic N) is 2. The Morgan fingerprint density at radius 1 is 1.11 bits per heavy atom. The summed E-state index contributed by atoms with van der Waals surface area (Å²) in [4.78, 5) is 38.5. The number of carbonyl (C=O) groups is 3. The van der Waals surface area contributed by atoms with Crippen molar-refractivity contribution in [2.75, 3.05) is 11.5 Å². The Morgan fingerprint density at radius 3 is 2.41 bits per heavy atom. The highest BCUT2D eigenvalue weighted by Crippen LogP contribution is 2.30. The molecule has 1 aliphatic heterocycles. The zero-order chi connectivity index (χ0) is 19.6. The van der Waals surface area contributed by atoms with E-state index >= 15 is 0 Å². The summed E-state index contributed by atoms with van der Waals surface area (Å²) in [6.07, 6.45) is -0.913. The largest absolute Gasteiger partial charge is 0.494 e. The van der Waals surface area contributed by atoms with Crippen molar-refractivity contribution >= 4 is 23.5 Å². The molecule has 0 radical (unpaired) electrons. The number of rotatable bonds is 5. The molecule has 0 spiro atoms. The van der Waals surface area contributed by atoms with Gasteiger partial charge >= 0.3 is 5.97 Å². The number of fused-ring (bicyclic) bond motifs is 1. The van der Waals surface area contributed by atoms with E-state index in [1.165, 1.54) is 25.1 Å². The van der Waals surface area contributed by atoms with Crippen LogP contribution in [0.2, 0.25) is 0 Å². The Hall–Kier alpha value is -3.66. The molecule has 0 fully saturated rings. The predicted molar refractivity (Wildman–Crippen MR) is 95.7 cm³/mol. The minimum atomic E-state index is -0.913. The van der Waals surface area contributed by atoms with Crippen molar-refractivity contribution in [3.05, 3.63) is 59.2 Å². The summed E-state index contributed by atoms with van der Waals surface area (Å²) in [5.74, 6) is -1.09. The van der Waals surface area contributed by atoms with Crippen LogP contribution in [0.5, 0.6) is 5.75 Å². The summed E-state index contributed by atoms with van der Waals surface area (Å²) in [6.45, 7) is 3.81. The monoisotopic (exact) mass is 364 g/mol. The van der Waals surface area contributed by atoms with Gasteiger partial charge in [0.1, 0.15) is 11.8 Å². The molecule has 1 aliphatic rings.